The number of hydrogen-bond acceptors (Lipinski definition) is 2. The van der Waals surface area contributed by atoms with E-state index in [2.05, 4.69) is 4.90 Å². The highest BCUT2D eigenvalue weighted by atomic mass is 16.2. The first kappa shape index (κ1) is 17.6. The lowest BCUT2D eigenvalue weighted by atomic mass is 9.70. The zero-order valence-electron chi connectivity index (χ0n) is 15.7. The third-order valence-electron chi connectivity index (χ3n) is 6.87. The fourth-order valence-electron chi connectivity index (χ4n) is 4.74. The van der Waals surface area contributed by atoms with Crippen LogP contribution in [0.2, 0.25) is 0 Å². The summed E-state index contributed by atoms with van der Waals surface area (Å²) in [5, 5.41) is 0. The Kier molecular flexibility index (Phi) is 5.01. The lowest BCUT2D eigenvalue weighted by molar-refractivity contribution is -0.142. The molecule has 0 radical (unpaired) electrons. The number of nitrogens with zero attached hydrogens (tertiary/aromatic N) is 2. The molecule has 1 aromatic rings. The average molecular weight is 354 g/mol. The molecule has 2 heterocycles. The van der Waals surface area contributed by atoms with Gasteiger partial charge in [-0.3, -0.25) is 9.59 Å². The molecule has 2 aliphatic heterocycles. The Morgan fingerprint density at radius 2 is 1.73 bits per heavy atom. The van der Waals surface area contributed by atoms with E-state index >= 15 is 0 Å². The van der Waals surface area contributed by atoms with Gasteiger partial charge in [-0.15, -0.1) is 0 Å². The van der Waals surface area contributed by atoms with Gasteiger partial charge in [0.2, 0.25) is 11.8 Å². The van der Waals surface area contributed by atoms with Gasteiger partial charge in [-0.2, -0.15) is 0 Å². The van der Waals surface area contributed by atoms with Gasteiger partial charge in [0.15, 0.2) is 0 Å². The molecule has 3 fully saturated rings. The molecule has 1 aliphatic carbocycles. The van der Waals surface area contributed by atoms with Crippen molar-refractivity contribution >= 4 is 11.8 Å². The summed E-state index contributed by atoms with van der Waals surface area (Å²) in [5.41, 5.74) is 1.23. The van der Waals surface area contributed by atoms with Crippen molar-refractivity contribution in [1.29, 1.82) is 0 Å². The van der Waals surface area contributed by atoms with Gasteiger partial charge in [-0.25, -0.2) is 0 Å². The van der Waals surface area contributed by atoms with E-state index in [1.54, 1.807) is 0 Å². The van der Waals surface area contributed by atoms with Crippen LogP contribution in [0, 0.1) is 11.3 Å². The van der Waals surface area contributed by atoms with Gasteiger partial charge in [-0.05, 0) is 49.0 Å². The van der Waals surface area contributed by atoms with Crippen molar-refractivity contribution in [3.8, 4) is 0 Å². The molecule has 0 unspecified atom stereocenters. The Hall–Kier alpha value is -1.84. The molecular weight excluding hydrogens is 324 g/mol. The van der Waals surface area contributed by atoms with Crippen LogP contribution in [0.25, 0.3) is 0 Å². The molecule has 0 aromatic heterocycles. The second-order valence-corrected chi connectivity index (χ2v) is 8.61. The highest BCUT2D eigenvalue weighted by Crippen LogP contribution is 2.42. The van der Waals surface area contributed by atoms with Crippen molar-refractivity contribution in [2.45, 2.75) is 51.4 Å². The molecule has 1 aromatic carbocycles. The van der Waals surface area contributed by atoms with Gasteiger partial charge >= 0.3 is 0 Å². The first-order valence-corrected chi connectivity index (χ1v) is 10.2. The van der Waals surface area contributed by atoms with Crippen molar-refractivity contribution in [3.63, 3.8) is 0 Å². The van der Waals surface area contributed by atoms with Crippen LogP contribution in [-0.2, 0) is 16.0 Å². The maximum atomic E-state index is 12.6. The van der Waals surface area contributed by atoms with E-state index in [4.69, 9.17) is 0 Å². The van der Waals surface area contributed by atoms with E-state index in [1.165, 1.54) is 19.3 Å². The third-order valence-corrected chi connectivity index (χ3v) is 6.87. The van der Waals surface area contributed by atoms with Crippen molar-refractivity contribution in [1.82, 2.24) is 9.80 Å². The van der Waals surface area contributed by atoms with Crippen molar-refractivity contribution in [2.24, 2.45) is 11.3 Å². The molecule has 0 bridgehead atoms. The Morgan fingerprint density at radius 3 is 2.35 bits per heavy atom. The van der Waals surface area contributed by atoms with Crippen LogP contribution in [0.15, 0.2) is 30.3 Å². The second kappa shape index (κ2) is 7.42. The van der Waals surface area contributed by atoms with Crippen LogP contribution in [0.4, 0.5) is 0 Å². The van der Waals surface area contributed by atoms with Gasteiger partial charge in [0.05, 0.1) is 6.42 Å². The summed E-state index contributed by atoms with van der Waals surface area (Å²) < 4.78 is 0. The lowest BCUT2D eigenvalue weighted by Gasteiger charge is -2.47. The maximum absolute atomic E-state index is 12.6. The minimum absolute atomic E-state index is 0.150. The monoisotopic (exact) mass is 354 g/mol. The minimum Gasteiger partial charge on any atom is -0.342 e. The molecule has 140 valence electrons. The summed E-state index contributed by atoms with van der Waals surface area (Å²) in [4.78, 5) is 29.3. The van der Waals surface area contributed by atoms with E-state index in [9.17, 15) is 9.59 Å². The molecule has 1 spiro atoms. The first-order chi connectivity index (χ1) is 12.6. The number of benzene rings is 1. The SMILES string of the molecule is O=C(Cc1ccccc1)N1CCC2(CC1)CCN(CC1CCC1)C(=O)C2. The van der Waals surface area contributed by atoms with Gasteiger partial charge in [0.25, 0.3) is 0 Å². The quantitative estimate of drug-likeness (QED) is 0.833. The van der Waals surface area contributed by atoms with Gasteiger partial charge in [0, 0.05) is 32.6 Å². The van der Waals surface area contributed by atoms with Crippen LogP contribution in [-0.4, -0.2) is 47.8 Å². The fraction of sp³-hybridized carbons (Fsp3) is 0.636. The Balaban J connectivity index is 1.28. The summed E-state index contributed by atoms with van der Waals surface area (Å²) in [6, 6.07) is 9.97. The van der Waals surface area contributed by atoms with E-state index < -0.39 is 0 Å². The number of piperidine rings is 2. The molecule has 26 heavy (non-hydrogen) atoms. The average Bonchev–Trinajstić information content (AvgIpc) is 2.61. The molecule has 3 aliphatic rings. The van der Waals surface area contributed by atoms with Gasteiger partial charge in [-0.1, -0.05) is 36.8 Å². The largest absolute Gasteiger partial charge is 0.342 e. The number of amides is 2. The molecule has 2 amide bonds. The zero-order chi connectivity index (χ0) is 18.0. The molecule has 0 atom stereocenters. The number of carbonyl (C=O) groups excluding carboxylic acids is 2. The zero-order valence-corrected chi connectivity index (χ0v) is 15.7. The van der Waals surface area contributed by atoms with E-state index in [0.29, 0.717) is 18.7 Å². The standard InChI is InChI=1S/C22H30N2O2/c25-20(15-18-5-2-1-3-6-18)23-12-9-22(10-13-23)11-14-24(21(26)16-22)17-19-7-4-8-19/h1-3,5-6,19H,4,7-17H2. The van der Waals surface area contributed by atoms with E-state index in [0.717, 1.165) is 56.9 Å². The lowest BCUT2D eigenvalue weighted by Crippen LogP contribution is -2.51. The summed E-state index contributed by atoms with van der Waals surface area (Å²) >= 11 is 0. The van der Waals surface area contributed by atoms with Gasteiger partial charge in [0.1, 0.15) is 0 Å². The summed E-state index contributed by atoms with van der Waals surface area (Å²) in [7, 11) is 0. The van der Waals surface area contributed by atoms with Crippen molar-refractivity contribution in [2.75, 3.05) is 26.2 Å². The number of rotatable bonds is 4. The van der Waals surface area contributed by atoms with Crippen LogP contribution >= 0.6 is 0 Å². The van der Waals surface area contributed by atoms with Crippen LogP contribution in [0.1, 0.15) is 50.5 Å². The minimum atomic E-state index is 0.150. The van der Waals surface area contributed by atoms with Crippen LogP contribution < -0.4 is 0 Å². The molecule has 1 saturated carbocycles. The van der Waals surface area contributed by atoms with Crippen molar-refractivity contribution < 1.29 is 9.59 Å². The Morgan fingerprint density at radius 1 is 1.04 bits per heavy atom. The molecule has 4 heteroatoms. The smallest absolute Gasteiger partial charge is 0.226 e. The summed E-state index contributed by atoms with van der Waals surface area (Å²) in [5.74, 6) is 1.33. The Labute approximate surface area is 156 Å². The molecule has 4 nitrogen and oxygen atoms in total. The summed E-state index contributed by atoms with van der Waals surface area (Å²) in [6.07, 6.45) is 8.20. The van der Waals surface area contributed by atoms with Crippen molar-refractivity contribution in [3.05, 3.63) is 35.9 Å². The number of carbonyl (C=O) groups is 2. The Bertz CT molecular complexity index is 645. The van der Waals surface area contributed by atoms with E-state index in [1.807, 2.05) is 35.2 Å². The topological polar surface area (TPSA) is 40.6 Å². The highest BCUT2D eigenvalue weighted by Gasteiger charge is 2.42. The fourth-order valence-corrected chi connectivity index (χ4v) is 4.74. The van der Waals surface area contributed by atoms with Crippen LogP contribution in [0.3, 0.4) is 0 Å². The number of likely N-dealkylation sites (tertiary alicyclic amines) is 2. The van der Waals surface area contributed by atoms with E-state index in [-0.39, 0.29) is 11.3 Å². The molecular formula is C22H30N2O2. The maximum Gasteiger partial charge on any atom is 0.226 e. The molecule has 4 rings (SSSR count). The predicted molar refractivity (Wildman–Crippen MR) is 102 cm³/mol. The third kappa shape index (κ3) is 3.79. The second-order valence-electron chi connectivity index (χ2n) is 8.61. The summed E-state index contributed by atoms with van der Waals surface area (Å²) in [6.45, 7) is 3.52. The predicted octanol–water partition coefficient (Wildman–Crippen LogP) is 3.26. The molecule has 0 N–H and O–H groups in total. The number of hydrogen-bond donors (Lipinski definition) is 0. The normalized spacial score (nSPS) is 23.2. The molecule has 2 saturated heterocycles. The van der Waals surface area contributed by atoms with Crippen LogP contribution in [0.5, 0.6) is 0 Å². The van der Waals surface area contributed by atoms with Gasteiger partial charge < -0.3 is 9.80 Å². The first-order valence-electron chi connectivity index (χ1n) is 10.2. The highest BCUT2D eigenvalue weighted by molar-refractivity contribution is 5.79.